The lowest BCUT2D eigenvalue weighted by molar-refractivity contribution is 0.328. The van der Waals surface area contributed by atoms with E-state index >= 15 is 0 Å². The number of ether oxygens (including phenoxy) is 1. The molecule has 6 nitrogen and oxygen atoms in total. The van der Waals surface area contributed by atoms with Crippen LogP contribution < -0.4 is 15.8 Å². The zero-order chi connectivity index (χ0) is 12.1. The Labute approximate surface area is 98.8 Å². The predicted molar refractivity (Wildman–Crippen MR) is 63.6 cm³/mol. The van der Waals surface area contributed by atoms with Crippen molar-refractivity contribution >= 4 is 11.5 Å². The largest absolute Gasteiger partial charge is 0.476 e. The highest BCUT2D eigenvalue weighted by Crippen LogP contribution is 2.24. The Morgan fingerprint density at radius 2 is 2.35 bits per heavy atom. The fourth-order valence-corrected chi connectivity index (χ4v) is 1.35. The molecule has 0 unspecified atom stereocenters. The average Bonchev–Trinajstić information content (AvgIpc) is 2.83. The monoisotopic (exact) mass is 234 g/mol. The lowest BCUT2D eigenvalue weighted by Gasteiger charge is -2.10. The number of aromatic nitrogens is 2. The van der Waals surface area contributed by atoms with Crippen LogP contribution in [0.5, 0.6) is 5.88 Å². The summed E-state index contributed by atoms with van der Waals surface area (Å²) >= 11 is 0. The summed E-state index contributed by atoms with van der Waals surface area (Å²) < 4.78 is 10.2. The van der Waals surface area contributed by atoms with Crippen molar-refractivity contribution < 1.29 is 9.15 Å². The highest BCUT2D eigenvalue weighted by atomic mass is 16.5. The summed E-state index contributed by atoms with van der Waals surface area (Å²) in [4.78, 5) is 8.02. The van der Waals surface area contributed by atoms with E-state index in [-0.39, 0.29) is 0 Å². The minimum atomic E-state index is 0.400. The van der Waals surface area contributed by atoms with E-state index in [1.165, 1.54) is 6.33 Å². The van der Waals surface area contributed by atoms with Crippen molar-refractivity contribution in [2.24, 2.45) is 0 Å². The van der Waals surface area contributed by atoms with Crippen molar-refractivity contribution in [2.45, 2.75) is 13.5 Å². The summed E-state index contributed by atoms with van der Waals surface area (Å²) in [6, 6.07) is 1.87. The molecule has 0 aromatic carbocycles. The van der Waals surface area contributed by atoms with Gasteiger partial charge in [0.05, 0.1) is 19.1 Å². The van der Waals surface area contributed by atoms with Crippen LogP contribution in [0.15, 0.2) is 29.3 Å². The number of hydrogen-bond acceptors (Lipinski definition) is 6. The lowest BCUT2D eigenvalue weighted by Crippen LogP contribution is -2.07. The second-order valence-electron chi connectivity index (χ2n) is 3.36. The third-order valence-electron chi connectivity index (χ3n) is 2.17. The van der Waals surface area contributed by atoms with Gasteiger partial charge in [0.25, 0.3) is 0 Å². The van der Waals surface area contributed by atoms with Crippen LogP contribution in [0.4, 0.5) is 11.5 Å². The zero-order valence-corrected chi connectivity index (χ0v) is 9.51. The number of nitrogens with one attached hydrogen (secondary N) is 1. The Balaban J connectivity index is 2.07. The second kappa shape index (κ2) is 5.20. The number of nitrogens with zero attached hydrogens (tertiary/aromatic N) is 2. The molecular formula is C11H14N4O2. The molecule has 6 heteroatoms. The third kappa shape index (κ3) is 2.66. The van der Waals surface area contributed by atoms with Gasteiger partial charge < -0.3 is 20.2 Å². The smallest absolute Gasteiger partial charge is 0.242 e. The molecule has 2 aromatic rings. The Bertz CT molecular complexity index is 470. The van der Waals surface area contributed by atoms with Crippen LogP contribution in [0, 0.1) is 0 Å². The maximum atomic E-state index is 5.87. The molecule has 0 bridgehead atoms. The van der Waals surface area contributed by atoms with Gasteiger partial charge in [-0.1, -0.05) is 0 Å². The number of anilines is 2. The number of nitrogen functional groups attached to an aromatic ring is 1. The SMILES string of the molecule is CCOc1ncnc(NCc2ccoc2)c1N. The van der Waals surface area contributed by atoms with Crippen molar-refractivity contribution in [1.82, 2.24) is 9.97 Å². The molecule has 0 amide bonds. The molecule has 0 aliphatic carbocycles. The first-order valence-corrected chi connectivity index (χ1v) is 5.29. The van der Waals surface area contributed by atoms with E-state index in [0.717, 1.165) is 5.56 Å². The van der Waals surface area contributed by atoms with Crippen LogP contribution in [0.3, 0.4) is 0 Å². The summed E-state index contributed by atoms with van der Waals surface area (Å²) in [5, 5.41) is 3.10. The normalized spacial score (nSPS) is 10.2. The maximum absolute atomic E-state index is 5.87. The van der Waals surface area contributed by atoms with Gasteiger partial charge in [-0.2, -0.15) is 4.98 Å². The molecule has 0 saturated heterocycles. The van der Waals surface area contributed by atoms with E-state index in [2.05, 4.69) is 15.3 Å². The number of furan rings is 1. The molecule has 0 radical (unpaired) electrons. The Hall–Kier alpha value is -2.24. The van der Waals surface area contributed by atoms with E-state index < -0.39 is 0 Å². The maximum Gasteiger partial charge on any atom is 0.242 e. The Morgan fingerprint density at radius 3 is 3.06 bits per heavy atom. The lowest BCUT2D eigenvalue weighted by atomic mass is 10.3. The van der Waals surface area contributed by atoms with Crippen LogP contribution >= 0.6 is 0 Å². The van der Waals surface area contributed by atoms with Gasteiger partial charge in [0.1, 0.15) is 12.0 Å². The van der Waals surface area contributed by atoms with E-state index in [4.69, 9.17) is 14.9 Å². The minimum absolute atomic E-state index is 0.400. The quantitative estimate of drug-likeness (QED) is 0.818. The zero-order valence-electron chi connectivity index (χ0n) is 9.51. The first-order valence-electron chi connectivity index (χ1n) is 5.29. The topological polar surface area (TPSA) is 86.2 Å². The predicted octanol–water partition coefficient (Wildman–Crippen LogP) is 1.66. The van der Waals surface area contributed by atoms with Gasteiger partial charge in [0.2, 0.25) is 5.88 Å². The van der Waals surface area contributed by atoms with Crippen molar-refractivity contribution in [1.29, 1.82) is 0 Å². The summed E-state index contributed by atoms with van der Waals surface area (Å²) in [6.07, 6.45) is 4.69. The molecular weight excluding hydrogens is 220 g/mol. The summed E-state index contributed by atoms with van der Waals surface area (Å²) in [6.45, 7) is 2.98. The van der Waals surface area contributed by atoms with Crippen molar-refractivity contribution in [3.8, 4) is 5.88 Å². The summed E-state index contributed by atoms with van der Waals surface area (Å²) in [7, 11) is 0. The molecule has 0 aliphatic heterocycles. The fraction of sp³-hybridized carbons (Fsp3) is 0.273. The number of rotatable bonds is 5. The van der Waals surface area contributed by atoms with Gasteiger partial charge in [-0.05, 0) is 13.0 Å². The third-order valence-corrected chi connectivity index (χ3v) is 2.17. The number of hydrogen-bond donors (Lipinski definition) is 2. The van der Waals surface area contributed by atoms with Gasteiger partial charge >= 0.3 is 0 Å². The van der Waals surface area contributed by atoms with Gasteiger partial charge in [0.15, 0.2) is 5.82 Å². The first kappa shape index (κ1) is 11.3. The highest BCUT2D eigenvalue weighted by molar-refractivity contribution is 5.66. The fourth-order valence-electron chi connectivity index (χ4n) is 1.35. The second-order valence-corrected chi connectivity index (χ2v) is 3.36. The Morgan fingerprint density at radius 1 is 1.47 bits per heavy atom. The van der Waals surface area contributed by atoms with Crippen LogP contribution in [-0.4, -0.2) is 16.6 Å². The molecule has 2 rings (SSSR count). The van der Waals surface area contributed by atoms with Crippen LogP contribution in [0.2, 0.25) is 0 Å². The molecule has 90 valence electrons. The minimum Gasteiger partial charge on any atom is -0.476 e. The average molecular weight is 234 g/mol. The molecule has 0 fully saturated rings. The standard InChI is InChI=1S/C11H14N4O2/c1-2-17-11-9(12)10(14-7-15-11)13-5-8-3-4-16-6-8/h3-4,6-7H,2,5,12H2,1H3,(H,13,14,15). The summed E-state index contributed by atoms with van der Waals surface area (Å²) in [5.74, 6) is 0.960. The molecule has 17 heavy (non-hydrogen) atoms. The van der Waals surface area contributed by atoms with Gasteiger partial charge in [0, 0.05) is 12.1 Å². The summed E-state index contributed by atoms with van der Waals surface area (Å²) in [5.41, 5.74) is 7.30. The van der Waals surface area contributed by atoms with Gasteiger partial charge in [-0.3, -0.25) is 0 Å². The molecule has 0 spiro atoms. The number of nitrogens with two attached hydrogens (primary N) is 1. The Kier molecular flexibility index (Phi) is 3.44. The van der Waals surface area contributed by atoms with E-state index in [1.54, 1.807) is 12.5 Å². The van der Waals surface area contributed by atoms with Crippen molar-refractivity contribution in [3.63, 3.8) is 0 Å². The molecule has 0 atom stereocenters. The van der Waals surface area contributed by atoms with Gasteiger partial charge in [-0.15, -0.1) is 0 Å². The van der Waals surface area contributed by atoms with E-state index in [9.17, 15) is 0 Å². The highest BCUT2D eigenvalue weighted by Gasteiger charge is 2.08. The van der Waals surface area contributed by atoms with Crippen LogP contribution in [0.1, 0.15) is 12.5 Å². The van der Waals surface area contributed by atoms with Crippen molar-refractivity contribution in [2.75, 3.05) is 17.7 Å². The molecule has 2 heterocycles. The first-order chi connectivity index (χ1) is 8.31. The van der Waals surface area contributed by atoms with Crippen LogP contribution in [-0.2, 0) is 6.54 Å². The molecule has 3 N–H and O–H groups in total. The van der Waals surface area contributed by atoms with Crippen molar-refractivity contribution in [3.05, 3.63) is 30.5 Å². The molecule has 2 aromatic heterocycles. The van der Waals surface area contributed by atoms with E-state index in [0.29, 0.717) is 30.5 Å². The van der Waals surface area contributed by atoms with Crippen LogP contribution in [0.25, 0.3) is 0 Å². The van der Waals surface area contributed by atoms with E-state index in [1.807, 2.05) is 13.0 Å². The molecule has 0 saturated carbocycles. The van der Waals surface area contributed by atoms with Gasteiger partial charge in [-0.25, -0.2) is 4.98 Å². The molecule has 0 aliphatic rings.